The van der Waals surface area contributed by atoms with Crippen LogP contribution in [0.4, 0.5) is 0 Å². The molecule has 0 saturated carbocycles. The Hall–Kier alpha value is -0.460. The quantitative estimate of drug-likeness (QED) is 0.678. The van der Waals surface area contributed by atoms with E-state index in [0.717, 1.165) is 32.6 Å². The van der Waals surface area contributed by atoms with Crippen LogP contribution in [0, 0.1) is 0 Å². The Labute approximate surface area is 106 Å². The predicted octanol–water partition coefficient (Wildman–Crippen LogP) is -0.835. The van der Waals surface area contributed by atoms with E-state index in [2.05, 4.69) is 15.5 Å². The molecule has 0 radical (unpaired) electrons. The largest absolute Gasteiger partial charge is 0.352 e. The zero-order valence-electron chi connectivity index (χ0n) is 10.7. The van der Waals surface area contributed by atoms with Gasteiger partial charge in [0, 0.05) is 41.9 Å². The maximum atomic E-state index is 11.7. The molecule has 6 heteroatoms. The molecule has 1 rings (SSSR count). The molecule has 0 bridgehead atoms. The van der Waals surface area contributed by atoms with Gasteiger partial charge in [-0.3, -0.25) is 13.9 Å². The molecule has 1 aliphatic rings. The molecule has 2 N–H and O–H groups in total. The van der Waals surface area contributed by atoms with Gasteiger partial charge in [-0.1, -0.05) is 0 Å². The van der Waals surface area contributed by atoms with E-state index in [1.165, 1.54) is 0 Å². The average Bonchev–Trinajstić information content (AvgIpc) is 2.44. The van der Waals surface area contributed by atoms with Gasteiger partial charge in [0.1, 0.15) is 0 Å². The molecule has 5 nitrogen and oxygen atoms in total. The molecule has 100 valence electrons. The van der Waals surface area contributed by atoms with Gasteiger partial charge in [-0.2, -0.15) is 0 Å². The second kappa shape index (κ2) is 7.79. The van der Waals surface area contributed by atoms with Crippen LogP contribution in [0.3, 0.4) is 0 Å². The number of amides is 1. The standard InChI is InChI=1S/C11H23N3O2S/c1-10(9-17(2)16)13-11(15)8-14-6-3-4-12-5-7-14/h10,12H,3-9H2,1-2H3,(H,13,15). The molecule has 0 aromatic heterocycles. The number of nitrogens with one attached hydrogen (secondary N) is 2. The van der Waals surface area contributed by atoms with Crippen molar-refractivity contribution in [1.29, 1.82) is 0 Å². The van der Waals surface area contributed by atoms with E-state index in [-0.39, 0.29) is 11.9 Å². The molecule has 1 fully saturated rings. The summed E-state index contributed by atoms with van der Waals surface area (Å²) in [4.78, 5) is 13.9. The summed E-state index contributed by atoms with van der Waals surface area (Å²) in [5.41, 5.74) is 0. The van der Waals surface area contributed by atoms with E-state index in [1.54, 1.807) is 6.26 Å². The monoisotopic (exact) mass is 261 g/mol. The topological polar surface area (TPSA) is 61.4 Å². The molecule has 1 aliphatic heterocycles. The van der Waals surface area contributed by atoms with Gasteiger partial charge in [0.05, 0.1) is 6.54 Å². The van der Waals surface area contributed by atoms with Crippen LogP contribution in [-0.4, -0.2) is 65.8 Å². The van der Waals surface area contributed by atoms with E-state index in [9.17, 15) is 9.00 Å². The van der Waals surface area contributed by atoms with Crippen molar-refractivity contribution >= 4 is 16.7 Å². The minimum Gasteiger partial charge on any atom is -0.352 e. The van der Waals surface area contributed by atoms with Crippen molar-refractivity contribution in [3.8, 4) is 0 Å². The molecule has 17 heavy (non-hydrogen) atoms. The molecule has 0 aromatic carbocycles. The maximum absolute atomic E-state index is 11.7. The highest BCUT2D eigenvalue weighted by molar-refractivity contribution is 7.84. The Kier molecular flexibility index (Phi) is 6.69. The van der Waals surface area contributed by atoms with Gasteiger partial charge >= 0.3 is 0 Å². The van der Waals surface area contributed by atoms with Gasteiger partial charge < -0.3 is 10.6 Å². The zero-order valence-corrected chi connectivity index (χ0v) is 11.5. The number of carbonyl (C=O) groups excluding carboxylic acids is 1. The Morgan fingerprint density at radius 1 is 1.47 bits per heavy atom. The highest BCUT2D eigenvalue weighted by Gasteiger charge is 2.14. The van der Waals surface area contributed by atoms with E-state index in [1.807, 2.05) is 6.92 Å². The van der Waals surface area contributed by atoms with Crippen molar-refractivity contribution in [2.24, 2.45) is 0 Å². The molecule has 0 aromatic rings. The SMILES string of the molecule is CC(CS(C)=O)NC(=O)CN1CCCNCC1. The fraction of sp³-hybridized carbons (Fsp3) is 0.909. The van der Waals surface area contributed by atoms with E-state index in [0.29, 0.717) is 12.3 Å². The van der Waals surface area contributed by atoms with Crippen LogP contribution in [0.2, 0.25) is 0 Å². The normalized spacial score (nSPS) is 21.5. The van der Waals surface area contributed by atoms with Crippen molar-refractivity contribution < 1.29 is 9.00 Å². The minimum absolute atomic E-state index is 0.0153. The van der Waals surface area contributed by atoms with Gasteiger partial charge in [0.25, 0.3) is 0 Å². The fourth-order valence-corrected chi connectivity index (χ4v) is 2.76. The fourth-order valence-electron chi connectivity index (χ4n) is 1.98. The summed E-state index contributed by atoms with van der Waals surface area (Å²) in [5.74, 6) is 0.553. The van der Waals surface area contributed by atoms with Gasteiger partial charge in [-0.15, -0.1) is 0 Å². The molecule has 2 unspecified atom stereocenters. The Bertz CT molecular complexity index is 265. The summed E-state index contributed by atoms with van der Waals surface area (Å²) >= 11 is 0. The lowest BCUT2D eigenvalue weighted by molar-refractivity contribution is -0.122. The Morgan fingerprint density at radius 3 is 2.94 bits per heavy atom. The first-order chi connectivity index (χ1) is 8.08. The van der Waals surface area contributed by atoms with Crippen molar-refractivity contribution in [3.05, 3.63) is 0 Å². The third kappa shape index (κ3) is 6.75. The first kappa shape index (κ1) is 14.6. The summed E-state index contributed by atoms with van der Waals surface area (Å²) < 4.78 is 11.0. The van der Waals surface area contributed by atoms with Crippen molar-refractivity contribution in [2.75, 3.05) is 44.7 Å². The third-order valence-electron chi connectivity index (χ3n) is 2.69. The second-order valence-corrected chi connectivity index (χ2v) is 6.07. The Balaban J connectivity index is 2.25. The van der Waals surface area contributed by atoms with Crippen LogP contribution in [0.15, 0.2) is 0 Å². The first-order valence-corrected chi connectivity index (χ1v) is 7.83. The lowest BCUT2D eigenvalue weighted by atomic mass is 10.3. The summed E-state index contributed by atoms with van der Waals surface area (Å²) in [6.07, 6.45) is 2.74. The molecule has 1 saturated heterocycles. The molecule has 0 spiro atoms. The van der Waals surface area contributed by atoms with Crippen LogP contribution in [0.1, 0.15) is 13.3 Å². The number of nitrogens with zero attached hydrogens (tertiary/aromatic N) is 1. The van der Waals surface area contributed by atoms with Crippen molar-refractivity contribution in [1.82, 2.24) is 15.5 Å². The highest BCUT2D eigenvalue weighted by atomic mass is 32.2. The van der Waals surface area contributed by atoms with Crippen LogP contribution < -0.4 is 10.6 Å². The minimum atomic E-state index is -0.860. The summed E-state index contributed by atoms with van der Waals surface area (Å²) in [6.45, 7) is 6.20. The second-order valence-electron chi connectivity index (χ2n) is 4.59. The molecular formula is C11H23N3O2S. The third-order valence-corrected chi connectivity index (χ3v) is 3.66. The number of carbonyl (C=O) groups is 1. The van der Waals surface area contributed by atoms with Crippen LogP contribution in [0.25, 0.3) is 0 Å². The van der Waals surface area contributed by atoms with Crippen LogP contribution in [-0.2, 0) is 15.6 Å². The van der Waals surface area contributed by atoms with Gasteiger partial charge in [0.2, 0.25) is 5.91 Å². The summed E-state index contributed by atoms with van der Waals surface area (Å²) in [5, 5.41) is 6.19. The van der Waals surface area contributed by atoms with Crippen molar-refractivity contribution in [3.63, 3.8) is 0 Å². The van der Waals surface area contributed by atoms with Gasteiger partial charge in [0.15, 0.2) is 0 Å². The molecular weight excluding hydrogens is 238 g/mol. The van der Waals surface area contributed by atoms with E-state index < -0.39 is 10.8 Å². The zero-order chi connectivity index (χ0) is 12.7. The van der Waals surface area contributed by atoms with Crippen molar-refractivity contribution in [2.45, 2.75) is 19.4 Å². The number of rotatable bonds is 5. The van der Waals surface area contributed by atoms with E-state index in [4.69, 9.17) is 0 Å². The molecule has 1 heterocycles. The number of hydrogen-bond acceptors (Lipinski definition) is 4. The van der Waals surface area contributed by atoms with E-state index >= 15 is 0 Å². The predicted molar refractivity (Wildman–Crippen MR) is 70.5 cm³/mol. The maximum Gasteiger partial charge on any atom is 0.234 e. The average molecular weight is 261 g/mol. The summed E-state index contributed by atoms with van der Waals surface area (Å²) in [7, 11) is -0.860. The highest BCUT2D eigenvalue weighted by Crippen LogP contribution is 1.95. The van der Waals surface area contributed by atoms with Crippen LogP contribution in [0.5, 0.6) is 0 Å². The first-order valence-electron chi connectivity index (χ1n) is 6.10. The molecule has 2 atom stereocenters. The molecule has 0 aliphatic carbocycles. The van der Waals surface area contributed by atoms with Gasteiger partial charge in [-0.05, 0) is 26.4 Å². The Morgan fingerprint density at radius 2 is 2.24 bits per heavy atom. The summed E-state index contributed by atoms with van der Waals surface area (Å²) in [6, 6.07) is -0.0153. The lowest BCUT2D eigenvalue weighted by Crippen LogP contribution is -2.43. The lowest BCUT2D eigenvalue weighted by Gasteiger charge is -2.20. The number of hydrogen-bond donors (Lipinski definition) is 2. The van der Waals surface area contributed by atoms with Gasteiger partial charge in [-0.25, -0.2) is 0 Å². The smallest absolute Gasteiger partial charge is 0.234 e. The molecule has 1 amide bonds. The van der Waals surface area contributed by atoms with Crippen LogP contribution >= 0.6 is 0 Å².